The van der Waals surface area contributed by atoms with Crippen LogP contribution >= 0.6 is 11.6 Å². The first-order chi connectivity index (χ1) is 8.76. The largest absolute Gasteiger partial charge is 0.442 e. The van der Waals surface area contributed by atoms with Gasteiger partial charge < -0.3 is 9.47 Å². The lowest BCUT2D eigenvalue weighted by atomic mass is 10.3. The highest BCUT2D eigenvalue weighted by molar-refractivity contribution is 6.18. The van der Waals surface area contributed by atoms with Crippen molar-refractivity contribution < 1.29 is 14.3 Å². The first-order valence-electron chi connectivity index (χ1n) is 5.36. The predicted octanol–water partition coefficient (Wildman–Crippen LogP) is 2.49. The minimum absolute atomic E-state index is 0.146. The van der Waals surface area contributed by atoms with Crippen LogP contribution in [0.3, 0.4) is 0 Å². The number of para-hydroxylation sites is 1. The Morgan fingerprint density at radius 1 is 1.44 bits per heavy atom. The maximum Gasteiger partial charge on any atom is 0.412 e. The number of rotatable bonds is 6. The number of nitrogens with one attached hydrogen (secondary N) is 1. The zero-order chi connectivity index (χ0) is 13.2. The monoisotopic (exact) mass is 267 g/mol. The van der Waals surface area contributed by atoms with E-state index in [2.05, 4.69) is 11.2 Å². The summed E-state index contributed by atoms with van der Waals surface area (Å²) in [5.41, 5.74) is 0.653. The number of anilines is 1. The fraction of sp³-hybridized carbons (Fsp3) is 0.308. The number of halogens is 1. The van der Waals surface area contributed by atoms with Crippen molar-refractivity contribution in [3.63, 3.8) is 0 Å². The number of hydrogen-bond acceptors (Lipinski definition) is 3. The average molecular weight is 268 g/mol. The van der Waals surface area contributed by atoms with Crippen LogP contribution < -0.4 is 5.32 Å². The molecular weight excluding hydrogens is 254 g/mol. The second kappa shape index (κ2) is 8.40. The molecule has 1 atom stereocenters. The SMILES string of the molecule is C#CCOC[C@@H](CCl)OC(=O)Nc1ccccc1. The van der Waals surface area contributed by atoms with Crippen molar-refractivity contribution in [3.05, 3.63) is 30.3 Å². The maximum absolute atomic E-state index is 11.5. The summed E-state index contributed by atoms with van der Waals surface area (Å²) in [4.78, 5) is 11.5. The number of carbonyl (C=O) groups is 1. The normalized spacial score (nSPS) is 11.3. The van der Waals surface area contributed by atoms with Gasteiger partial charge in [0.1, 0.15) is 12.7 Å². The van der Waals surface area contributed by atoms with Crippen LogP contribution in [0.2, 0.25) is 0 Å². The molecule has 0 saturated carbocycles. The number of ether oxygens (including phenoxy) is 2. The molecule has 18 heavy (non-hydrogen) atoms. The van der Waals surface area contributed by atoms with Gasteiger partial charge in [0.2, 0.25) is 0 Å². The molecular formula is C13H14ClNO3. The van der Waals surface area contributed by atoms with Gasteiger partial charge >= 0.3 is 6.09 Å². The quantitative estimate of drug-likeness (QED) is 0.489. The lowest BCUT2D eigenvalue weighted by Gasteiger charge is -2.15. The molecule has 0 aliphatic heterocycles. The molecule has 1 aromatic rings. The standard InChI is InChI=1S/C13H14ClNO3/c1-2-8-17-10-12(9-14)18-13(16)15-11-6-4-3-5-7-11/h1,3-7,12H,8-10H2,(H,15,16)/t12-/m1/s1. The molecule has 0 fully saturated rings. The molecule has 0 radical (unpaired) electrons. The van der Waals surface area contributed by atoms with Crippen LogP contribution in [0, 0.1) is 12.3 Å². The number of alkyl halides is 1. The van der Waals surface area contributed by atoms with Crippen molar-refractivity contribution in [2.24, 2.45) is 0 Å². The Balaban J connectivity index is 2.36. The van der Waals surface area contributed by atoms with Gasteiger partial charge in [0.15, 0.2) is 0 Å². The molecule has 1 aromatic carbocycles. The first-order valence-corrected chi connectivity index (χ1v) is 5.89. The molecule has 0 heterocycles. The van der Waals surface area contributed by atoms with E-state index in [1.54, 1.807) is 12.1 Å². The average Bonchev–Trinajstić information content (AvgIpc) is 2.39. The molecule has 1 rings (SSSR count). The summed E-state index contributed by atoms with van der Waals surface area (Å²) in [5, 5.41) is 2.58. The fourth-order valence-corrected chi connectivity index (χ4v) is 1.33. The van der Waals surface area contributed by atoms with Gasteiger partial charge in [0.25, 0.3) is 0 Å². The van der Waals surface area contributed by atoms with Gasteiger partial charge in [-0.2, -0.15) is 0 Å². The van der Waals surface area contributed by atoms with Gasteiger partial charge in [0.05, 0.1) is 12.5 Å². The summed E-state index contributed by atoms with van der Waals surface area (Å²) in [6.45, 7) is 0.340. The van der Waals surface area contributed by atoms with Gasteiger partial charge in [0, 0.05) is 5.69 Å². The van der Waals surface area contributed by atoms with Crippen LogP contribution in [-0.4, -0.2) is 31.3 Å². The smallest absolute Gasteiger partial charge is 0.412 e. The van der Waals surface area contributed by atoms with Crippen LogP contribution in [-0.2, 0) is 9.47 Å². The molecule has 1 N–H and O–H groups in total. The summed E-state index contributed by atoms with van der Waals surface area (Å²) >= 11 is 5.66. The minimum Gasteiger partial charge on any atom is -0.442 e. The van der Waals surface area contributed by atoms with Crippen LogP contribution in [0.25, 0.3) is 0 Å². The summed E-state index contributed by atoms with van der Waals surface area (Å²) in [6, 6.07) is 8.98. The third kappa shape index (κ3) is 5.58. The molecule has 0 aromatic heterocycles. The van der Waals surface area contributed by atoms with Crippen molar-refractivity contribution in [1.29, 1.82) is 0 Å². The third-order valence-electron chi connectivity index (χ3n) is 1.96. The molecule has 0 bridgehead atoms. The second-order valence-corrected chi connectivity index (χ2v) is 3.70. The fourth-order valence-electron chi connectivity index (χ4n) is 1.18. The van der Waals surface area contributed by atoms with Gasteiger partial charge in [-0.15, -0.1) is 18.0 Å². The highest BCUT2D eigenvalue weighted by Crippen LogP contribution is 2.07. The van der Waals surface area contributed by atoms with E-state index < -0.39 is 12.2 Å². The summed E-state index contributed by atoms with van der Waals surface area (Å²) in [6.07, 6.45) is 3.93. The van der Waals surface area contributed by atoms with E-state index in [4.69, 9.17) is 27.5 Å². The molecule has 4 nitrogen and oxygen atoms in total. The predicted molar refractivity (Wildman–Crippen MR) is 70.7 cm³/mol. The third-order valence-corrected chi connectivity index (χ3v) is 2.30. The lowest BCUT2D eigenvalue weighted by molar-refractivity contribution is 0.0477. The molecule has 0 saturated heterocycles. The van der Waals surface area contributed by atoms with Crippen molar-refractivity contribution in [2.75, 3.05) is 24.4 Å². The van der Waals surface area contributed by atoms with Gasteiger partial charge in [-0.1, -0.05) is 24.1 Å². The molecule has 0 aliphatic rings. The van der Waals surface area contributed by atoms with Gasteiger partial charge in [-0.25, -0.2) is 4.79 Å². The Bertz CT molecular complexity index is 402. The first kappa shape index (κ1) is 14.4. The Morgan fingerprint density at radius 3 is 2.78 bits per heavy atom. The molecule has 1 amide bonds. The molecule has 0 aliphatic carbocycles. The zero-order valence-corrected chi connectivity index (χ0v) is 10.5. The Kier molecular flexibility index (Phi) is 6.70. The molecule has 0 unspecified atom stereocenters. The maximum atomic E-state index is 11.5. The van der Waals surface area contributed by atoms with Crippen LogP contribution in [0.15, 0.2) is 30.3 Å². The molecule has 0 spiro atoms. The van der Waals surface area contributed by atoms with Crippen molar-refractivity contribution in [1.82, 2.24) is 0 Å². The summed E-state index contributed by atoms with van der Waals surface area (Å²) < 4.78 is 10.1. The van der Waals surface area contributed by atoms with Crippen LogP contribution in [0.1, 0.15) is 0 Å². The highest BCUT2D eigenvalue weighted by atomic mass is 35.5. The highest BCUT2D eigenvalue weighted by Gasteiger charge is 2.13. The number of benzene rings is 1. The van der Waals surface area contributed by atoms with Crippen molar-refractivity contribution in [2.45, 2.75) is 6.10 Å². The number of terminal acetylenes is 1. The number of carbonyl (C=O) groups excluding carboxylic acids is 1. The van der Waals surface area contributed by atoms with Gasteiger partial charge in [-0.05, 0) is 12.1 Å². The Hall–Kier alpha value is -1.70. The van der Waals surface area contributed by atoms with Crippen LogP contribution in [0.5, 0.6) is 0 Å². The van der Waals surface area contributed by atoms with Crippen molar-refractivity contribution in [3.8, 4) is 12.3 Å². The number of hydrogen-bond donors (Lipinski definition) is 1. The van der Waals surface area contributed by atoms with Crippen molar-refractivity contribution >= 4 is 23.4 Å². The summed E-state index contributed by atoms with van der Waals surface area (Å²) in [5.74, 6) is 2.46. The lowest BCUT2D eigenvalue weighted by Crippen LogP contribution is -2.28. The van der Waals surface area contributed by atoms with E-state index in [0.29, 0.717) is 5.69 Å². The topological polar surface area (TPSA) is 47.6 Å². The molecule has 96 valence electrons. The van der Waals surface area contributed by atoms with Gasteiger partial charge in [-0.3, -0.25) is 5.32 Å². The second-order valence-electron chi connectivity index (χ2n) is 3.39. The Labute approximate surface area is 111 Å². The van der Waals surface area contributed by atoms with E-state index in [-0.39, 0.29) is 19.1 Å². The van der Waals surface area contributed by atoms with E-state index in [0.717, 1.165) is 0 Å². The van der Waals surface area contributed by atoms with E-state index >= 15 is 0 Å². The van der Waals surface area contributed by atoms with E-state index in [9.17, 15) is 4.79 Å². The van der Waals surface area contributed by atoms with E-state index in [1.807, 2.05) is 18.2 Å². The molecule has 5 heteroatoms. The van der Waals surface area contributed by atoms with Crippen LogP contribution in [0.4, 0.5) is 10.5 Å². The van der Waals surface area contributed by atoms with E-state index in [1.165, 1.54) is 0 Å². The zero-order valence-electron chi connectivity index (χ0n) is 9.77. The minimum atomic E-state index is -0.573. The Morgan fingerprint density at radius 2 is 2.17 bits per heavy atom. The summed E-state index contributed by atoms with van der Waals surface area (Å²) in [7, 11) is 0. The number of amides is 1.